The zero-order valence-electron chi connectivity index (χ0n) is 21.6. The number of hydrogen-bond donors (Lipinski definition) is 0. The molecule has 4 heterocycles. The summed E-state index contributed by atoms with van der Waals surface area (Å²) in [6.45, 7) is 9.86. The summed E-state index contributed by atoms with van der Waals surface area (Å²) < 4.78 is 5.20. The molecule has 1 aliphatic heterocycles. The molecule has 5 rings (SSSR count). The van der Waals surface area contributed by atoms with Crippen LogP contribution in [0.1, 0.15) is 31.4 Å². The Morgan fingerprint density at radius 1 is 0.972 bits per heavy atom. The van der Waals surface area contributed by atoms with E-state index in [0.717, 1.165) is 35.6 Å². The van der Waals surface area contributed by atoms with Gasteiger partial charge in [0.15, 0.2) is 11.5 Å². The standard InChI is InChI=1S/C27H33N7O2/c1-27(2,3)18-34-22-11-10-21(29-23(22)31(5)26(34)36)19-6-8-20(9-7-19)32-14-16-33(17-15-32)25(35)24-28-12-13-30(24)4/h6-13H,14-18H2,1-5H3. The molecule has 0 N–H and O–H groups in total. The smallest absolute Gasteiger partial charge is 0.330 e. The molecule has 188 valence electrons. The molecule has 0 radical (unpaired) electrons. The molecule has 1 aliphatic rings. The van der Waals surface area contributed by atoms with E-state index in [0.29, 0.717) is 31.1 Å². The van der Waals surface area contributed by atoms with Gasteiger partial charge in [0.1, 0.15) is 0 Å². The molecule has 0 spiro atoms. The Bertz CT molecular complexity index is 1460. The Labute approximate surface area is 210 Å². The molecule has 0 bridgehead atoms. The van der Waals surface area contributed by atoms with E-state index in [2.05, 4.69) is 54.9 Å². The van der Waals surface area contributed by atoms with Crippen molar-refractivity contribution in [1.29, 1.82) is 0 Å². The Morgan fingerprint density at radius 2 is 1.67 bits per heavy atom. The molecule has 36 heavy (non-hydrogen) atoms. The number of carbonyl (C=O) groups excluding carboxylic acids is 1. The number of aryl methyl sites for hydroxylation is 2. The van der Waals surface area contributed by atoms with Crippen molar-refractivity contribution in [2.75, 3.05) is 31.1 Å². The lowest BCUT2D eigenvalue weighted by molar-refractivity contribution is 0.0731. The summed E-state index contributed by atoms with van der Waals surface area (Å²) in [5, 5.41) is 0. The van der Waals surface area contributed by atoms with E-state index >= 15 is 0 Å². The maximum atomic E-state index is 12.8. The first-order chi connectivity index (χ1) is 17.1. The largest absolute Gasteiger partial charge is 0.368 e. The van der Waals surface area contributed by atoms with Crippen LogP contribution in [0.3, 0.4) is 0 Å². The predicted molar refractivity (Wildman–Crippen MR) is 141 cm³/mol. The molecule has 0 saturated carbocycles. The van der Waals surface area contributed by atoms with Gasteiger partial charge >= 0.3 is 5.69 Å². The highest BCUT2D eigenvalue weighted by Crippen LogP contribution is 2.26. The molecule has 9 nitrogen and oxygen atoms in total. The quantitative estimate of drug-likeness (QED) is 0.442. The first-order valence-electron chi connectivity index (χ1n) is 12.3. The maximum Gasteiger partial charge on any atom is 0.330 e. The van der Waals surface area contributed by atoms with Gasteiger partial charge in [-0.15, -0.1) is 0 Å². The number of amides is 1. The van der Waals surface area contributed by atoms with Gasteiger partial charge in [-0.2, -0.15) is 0 Å². The normalized spacial score (nSPS) is 14.6. The summed E-state index contributed by atoms with van der Waals surface area (Å²) in [5.74, 6) is 0.452. The van der Waals surface area contributed by atoms with E-state index in [9.17, 15) is 9.59 Å². The zero-order valence-corrected chi connectivity index (χ0v) is 21.6. The number of pyridine rings is 1. The van der Waals surface area contributed by atoms with Crippen LogP contribution >= 0.6 is 0 Å². The summed E-state index contributed by atoms with van der Waals surface area (Å²) in [7, 11) is 3.62. The number of anilines is 1. The molecule has 9 heteroatoms. The second-order valence-electron chi connectivity index (χ2n) is 10.7. The van der Waals surface area contributed by atoms with Gasteiger partial charge in [-0.1, -0.05) is 32.9 Å². The van der Waals surface area contributed by atoms with Crippen LogP contribution in [0.25, 0.3) is 22.4 Å². The highest BCUT2D eigenvalue weighted by Gasteiger charge is 2.25. The Hall–Kier alpha value is -3.88. The molecule has 1 amide bonds. The van der Waals surface area contributed by atoms with Crippen molar-refractivity contribution in [3.63, 3.8) is 0 Å². The number of rotatable bonds is 4. The van der Waals surface area contributed by atoms with E-state index in [1.807, 2.05) is 28.6 Å². The maximum absolute atomic E-state index is 12.8. The van der Waals surface area contributed by atoms with Gasteiger partial charge < -0.3 is 14.4 Å². The van der Waals surface area contributed by atoms with Gasteiger partial charge in [-0.05, 0) is 29.7 Å². The fraction of sp³-hybridized carbons (Fsp3) is 0.407. The minimum absolute atomic E-state index is 0.0103. The lowest BCUT2D eigenvalue weighted by atomic mass is 9.97. The van der Waals surface area contributed by atoms with Crippen LogP contribution in [-0.2, 0) is 20.6 Å². The van der Waals surface area contributed by atoms with Crippen LogP contribution in [-0.4, -0.2) is 60.7 Å². The number of benzene rings is 1. The van der Waals surface area contributed by atoms with Crippen LogP contribution in [0, 0.1) is 5.41 Å². The number of imidazole rings is 2. The summed E-state index contributed by atoms with van der Waals surface area (Å²) in [6.07, 6.45) is 3.44. The SMILES string of the molecule is Cn1ccnc1C(=O)N1CCN(c2ccc(-c3ccc4c(n3)n(C)c(=O)n4CC(C)(C)C)cc2)CC1. The van der Waals surface area contributed by atoms with Gasteiger partial charge in [-0.3, -0.25) is 13.9 Å². The van der Waals surface area contributed by atoms with Gasteiger partial charge in [0.05, 0.1) is 11.2 Å². The van der Waals surface area contributed by atoms with Crippen LogP contribution in [0.5, 0.6) is 0 Å². The number of hydrogen-bond acceptors (Lipinski definition) is 5. The van der Waals surface area contributed by atoms with Gasteiger partial charge in [0, 0.05) is 70.5 Å². The number of fused-ring (bicyclic) bond motifs is 1. The molecule has 1 aromatic carbocycles. The average Bonchev–Trinajstić information content (AvgIpc) is 3.39. The number of nitrogens with zero attached hydrogens (tertiary/aromatic N) is 7. The molecule has 0 unspecified atom stereocenters. The fourth-order valence-electron chi connectivity index (χ4n) is 4.79. The molecule has 0 aliphatic carbocycles. The molecular formula is C27H33N7O2. The van der Waals surface area contributed by atoms with E-state index in [4.69, 9.17) is 4.98 Å². The lowest BCUT2D eigenvalue weighted by Gasteiger charge is -2.36. The minimum atomic E-state index is -0.0412. The first kappa shape index (κ1) is 23.8. The topological polar surface area (TPSA) is 81.2 Å². The van der Waals surface area contributed by atoms with E-state index in [-0.39, 0.29) is 17.0 Å². The zero-order chi connectivity index (χ0) is 25.6. The van der Waals surface area contributed by atoms with Crippen molar-refractivity contribution in [2.45, 2.75) is 27.3 Å². The van der Waals surface area contributed by atoms with Gasteiger partial charge in [0.25, 0.3) is 5.91 Å². The second-order valence-corrected chi connectivity index (χ2v) is 10.7. The van der Waals surface area contributed by atoms with Crippen molar-refractivity contribution in [1.82, 2.24) is 28.6 Å². The summed E-state index contributed by atoms with van der Waals surface area (Å²) in [4.78, 5) is 38.7. The second kappa shape index (κ2) is 8.96. The summed E-state index contributed by atoms with van der Waals surface area (Å²) in [6, 6.07) is 12.3. The van der Waals surface area contributed by atoms with E-state index in [1.54, 1.807) is 28.6 Å². The third-order valence-corrected chi connectivity index (χ3v) is 6.72. The lowest BCUT2D eigenvalue weighted by Crippen LogP contribution is -2.49. The van der Waals surface area contributed by atoms with Crippen molar-refractivity contribution < 1.29 is 4.79 Å². The number of aromatic nitrogens is 5. The van der Waals surface area contributed by atoms with Crippen molar-refractivity contribution in [3.8, 4) is 11.3 Å². The fourth-order valence-corrected chi connectivity index (χ4v) is 4.79. The third-order valence-electron chi connectivity index (χ3n) is 6.72. The van der Waals surface area contributed by atoms with Crippen molar-refractivity contribution in [3.05, 3.63) is 65.1 Å². The highest BCUT2D eigenvalue weighted by molar-refractivity contribution is 5.91. The highest BCUT2D eigenvalue weighted by atomic mass is 16.2. The number of carbonyl (C=O) groups is 1. The van der Waals surface area contributed by atoms with E-state index < -0.39 is 0 Å². The Balaban J connectivity index is 1.31. The number of piperazine rings is 1. The summed E-state index contributed by atoms with van der Waals surface area (Å²) >= 11 is 0. The molecule has 4 aromatic rings. The summed E-state index contributed by atoms with van der Waals surface area (Å²) in [5.41, 5.74) is 4.45. The molecule has 1 fully saturated rings. The van der Waals surface area contributed by atoms with Crippen molar-refractivity contribution in [2.24, 2.45) is 19.5 Å². The molecule has 1 saturated heterocycles. The van der Waals surface area contributed by atoms with Crippen molar-refractivity contribution >= 4 is 22.8 Å². The minimum Gasteiger partial charge on any atom is -0.368 e. The third kappa shape index (κ3) is 4.41. The first-order valence-corrected chi connectivity index (χ1v) is 12.3. The van der Waals surface area contributed by atoms with Crippen LogP contribution in [0.2, 0.25) is 0 Å². The molecular weight excluding hydrogens is 454 g/mol. The van der Waals surface area contributed by atoms with Gasteiger partial charge in [0.2, 0.25) is 0 Å². The van der Waals surface area contributed by atoms with E-state index in [1.165, 1.54) is 0 Å². The van der Waals surface area contributed by atoms with Crippen LogP contribution < -0.4 is 10.6 Å². The van der Waals surface area contributed by atoms with Crippen LogP contribution in [0.15, 0.2) is 53.6 Å². The van der Waals surface area contributed by atoms with Gasteiger partial charge in [-0.25, -0.2) is 14.8 Å². The Morgan fingerprint density at radius 3 is 2.28 bits per heavy atom. The Kier molecular flexibility index (Phi) is 5.94. The monoisotopic (exact) mass is 487 g/mol. The average molecular weight is 488 g/mol. The van der Waals surface area contributed by atoms with Crippen LogP contribution in [0.4, 0.5) is 5.69 Å². The molecule has 3 aromatic heterocycles. The predicted octanol–water partition coefficient (Wildman–Crippen LogP) is 3.14. The molecule has 0 atom stereocenters.